The molecule has 0 aliphatic heterocycles. The minimum Gasteiger partial charge on any atom is -0.396 e. The summed E-state index contributed by atoms with van der Waals surface area (Å²) in [6.07, 6.45) is 2.69. The molecule has 1 aliphatic carbocycles. The van der Waals surface area contributed by atoms with Gasteiger partial charge in [-0.3, -0.25) is 14.2 Å². The number of rotatable bonds is 4. The number of para-hydroxylation sites is 1. The molecule has 3 rings (SSSR count). The number of H-pyrrole nitrogens is 1. The summed E-state index contributed by atoms with van der Waals surface area (Å²) in [6, 6.07) is 7.00. The van der Waals surface area contributed by atoms with Gasteiger partial charge in [-0.2, -0.15) is 0 Å². The van der Waals surface area contributed by atoms with Gasteiger partial charge in [-0.15, -0.1) is 0 Å². The van der Waals surface area contributed by atoms with Crippen LogP contribution in [0.2, 0.25) is 0 Å². The molecular weight excluding hydrogens is 326 g/mol. The van der Waals surface area contributed by atoms with Crippen LogP contribution in [0.5, 0.6) is 0 Å². The molecule has 0 saturated heterocycles. The largest absolute Gasteiger partial charge is 0.396 e. The summed E-state index contributed by atoms with van der Waals surface area (Å²) in [5.41, 5.74) is 0.0843. The lowest BCUT2D eigenvalue weighted by Crippen LogP contribution is -2.46. The SMILES string of the molecule is C[C@@]1(CO)CCC[C@@H]1NC(=O)Cn1c(=S)[nH]c2ccccc2c1=O. The van der Waals surface area contributed by atoms with Gasteiger partial charge in [0.25, 0.3) is 5.56 Å². The summed E-state index contributed by atoms with van der Waals surface area (Å²) in [5.74, 6) is -0.265. The van der Waals surface area contributed by atoms with Gasteiger partial charge in [0.2, 0.25) is 5.91 Å². The second-order valence-corrected chi connectivity index (χ2v) is 7.08. The molecule has 2 aromatic rings. The van der Waals surface area contributed by atoms with Crippen LogP contribution >= 0.6 is 12.2 Å². The molecule has 0 unspecified atom stereocenters. The average Bonchev–Trinajstić information content (AvgIpc) is 2.93. The van der Waals surface area contributed by atoms with Gasteiger partial charge in [0.15, 0.2) is 4.77 Å². The summed E-state index contributed by atoms with van der Waals surface area (Å²) in [6.45, 7) is 1.88. The van der Waals surface area contributed by atoms with E-state index in [1.165, 1.54) is 4.57 Å². The third-order valence-corrected chi connectivity index (χ3v) is 5.29. The minimum absolute atomic E-state index is 0.0356. The van der Waals surface area contributed by atoms with E-state index in [1.807, 2.05) is 13.0 Å². The highest BCUT2D eigenvalue weighted by Gasteiger charge is 2.39. The van der Waals surface area contributed by atoms with E-state index >= 15 is 0 Å². The molecule has 0 spiro atoms. The van der Waals surface area contributed by atoms with Crippen LogP contribution in [0.4, 0.5) is 0 Å². The fourth-order valence-electron chi connectivity index (χ4n) is 3.39. The number of nitrogens with zero attached hydrogens (tertiary/aromatic N) is 1. The highest BCUT2D eigenvalue weighted by molar-refractivity contribution is 7.71. The summed E-state index contributed by atoms with van der Waals surface area (Å²) in [7, 11) is 0. The van der Waals surface area contributed by atoms with Crippen LogP contribution < -0.4 is 10.9 Å². The van der Waals surface area contributed by atoms with Crippen molar-refractivity contribution >= 4 is 29.0 Å². The van der Waals surface area contributed by atoms with Gasteiger partial charge in [-0.25, -0.2) is 0 Å². The van der Waals surface area contributed by atoms with Crippen molar-refractivity contribution in [1.82, 2.24) is 14.9 Å². The Morgan fingerprint density at radius 3 is 3.00 bits per heavy atom. The maximum atomic E-state index is 12.6. The molecule has 6 nitrogen and oxygen atoms in total. The average molecular weight is 347 g/mol. The highest BCUT2D eigenvalue weighted by atomic mass is 32.1. The van der Waals surface area contributed by atoms with Gasteiger partial charge in [0, 0.05) is 11.5 Å². The van der Waals surface area contributed by atoms with Crippen LogP contribution in [0.1, 0.15) is 26.2 Å². The zero-order chi connectivity index (χ0) is 17.3. The molecule has 128 valence electrons. The second-order valence-electron chi connectivity index (χ2n) is 6.69. The molecule has 1 heterocycles. The Balaban J connectivity index is 1.84. The van der Waals surface area contributed by atoms with Gasteiger partial charge in [-0.1, -0.05) is 25.5 Å². The molecule has 3 N–H and O–H groups in total. The number of fused-ring (bicyclic) bond motifs is 1. The number of carbonyl (C=O) groups excluding carboxylic acids is 1. The number of aromatic amines is 1. The fraction of sp³-hybridized carbons (Fsp3) is 0.471. The first kappa shape index (κ1) is 16.9. The number of carbonyl (C=O) groups is 1. The summed E-state index contributed by atoms with van der Waals surface area (Å²) in [5, 5.41) is 13.0. The van der Waals surface area contributed by atoms with Gasteiger partial charge < -0.3 is 15.4 Å². The van der Waals surface area contributed by atoms with Crippen molar-refractivity contribution in [3.63, 3.8) is 0 Å². The first-order valence-electron chi connectivity index (χ1n) is 8.07. The van der Waals surface area contributed by atoms with Gasteiger partial charge >= 0.3 is 0 Å². The van der Waals surface area contributed by atoms with Crippen molar-refractivity contribution in [2.24, 2.45) is 5.41 Å². The Bertz CT molecular complexity index is 889. The molecule has 2 atom stereocenters. The maximum Gasteiger partial charge on any atom is 0.262 e. The van der Waals surface area contributed by atoms with Gasteiger partial charge in [-0.05, 0) is 37.2 Å². The van der Waals surface area contributed by atoms with Crippen molar-refractivity contribution in [3.8, 4) is 0 Å². The van der Waals surface area contributed by atoms with E-state index in [0.29, 0.717) is 10.9 Å². The van der Waals surface area contributed by atoms with Crippen molar-refractivity contribution < 1.29 is 9.90 Å². The molecule has 1 aliphatic rings. The normalized spacial score (nSPS) is 23.5. The van der Waals surface area contributed by atoms with E-state index in [1.54, 1.807) is 18.2 Å². The molecule has 7 heteroatoms. The quantitative estimate of drug-likeness (QED) is 0.735. The predicted octanol–water partition coefficient (Wildman–Crippen LogP) is 1.73. The van der Waals surface area contributed by atoms with Crippen LogP contribution in [-0.2, 0) is 11.3 Å². The van der Waals surface area contributed by atoms with E-state index in [0.717, 1.165) is 19.3 Å². The van der Waals surface area contributed by atoms with Gasteiger partial charge in [0.05, 0.1) is 17.5 Å². The van der Waals surface area contributed by atoms with E-state index in [-0.39, 0.29) is 40.8 Å². The van der Waals surface area contributed by atoms with Crippen LogP contribution in [0, 0.1) is 10.2 Å². The Hall–Kier alpha value is -1.99. The van der Waals surface area contributed by atoms with E-state index in [9.17, 15) is 14.7 Å². The lowest BCUT2D eigenvalue weighted by molar-refractivity contribution is -0.123. The Morgan fingerprint density at radius 2 is 2.25 bits per heavy atom. The number of hydrogen-bond donors (Lipinski definition) is 3. The molecule has 1 amide bonds. The maximum absolute atomic E-state index is 12.6. The fourth-order valence-corrected chi connectivity index (χ4v) is 3.65. The van der Waals surface area contributed by atoms with Crippen molar-refractivity contribution in [2.45, 2.75) is 38.8 Å². The van der Waals surface area contributed by atoms with Crippen molar-refractivity contribution in [2.75, 3.05) is 6.61 Å². The number of aromatic nitrogens is 2. The molecule has 1 aromatic heterocycles. The topological polar surface area (TPSA) is 87.1 Å². The third kappa shape index (κ3) is 3.01. The number of benzene rings is 1. The predicted molar refractivity (Wildman–Crippen MR) is 94.4 cm³/mol. The lowest BCUT2D eigenvalue weighted by atomic mass is 9.86. The molecule has 0 radical (unpaired) electrons. The minimum atomic E-state index is -0.299. The monoisotopic (exact) mass is 347 g/mol. The zero-order valence-corrected chi connectivity index (χ0v) is 14.4. The van der Waals surface area contributed by atoms with Crippen LogP contribution in [0.3, 0.4) is 0 Å². The molecular formula is C17H21N3O3S. The summed E-state index contributed by atoms with van der Waals surface area (Å²) >= 11 is 5.22. The van der Waals surface area contributed by atoms with E-state index < -0.39 is 0 Å². The van der Waals surface area contributed by atoms with Crippen molar-refractivity contribution in [1.29, 1.82) is 0 Å². The summed E-state index contributed by atoms with van der Waals surface area (Å²) < 4.78 is 1.50. The zero-order valence-electron chi connectivity index (χ0n) is 13.5. The Kier molecular flexibility index (Phi) is 4.56. The molecule has 1 saturated carbocycles. The second kappa shape index (κ2) is 6.49. The number of nitrogens with one attached hydrogen (secondary N) is 2. The number of aliphatic hydroxyl groups is 1. The highest BCUT2D eigenvalue weighted by Crippen LogP contribution is 2.37. The third-order valence-electron chi connectivity index (χ3n) is 4.97. The summed E-state index contributed by atoms with van der Waals surface area (Å²) in [4.78, 5) is 27.9. The lowest BCUT2D eigenvalue weighted by Gasteiger charge is -2.30. The number of hydrogen-bond acceptors (Lipinski definition) is 4. The van der Waals surface area contributed by atoms with Crippen molar-refractivity contribution in [3.05, 3.63) is 39.4 Å². The van der Waals surface area contributed by atoms with E-state index in [4.69, 9.17) is 12.2 Å². The first-order chi connectivity index (χ1) is 11.4. The smallest absolute Gasteiger partial charge is 0.262 e. The van der Waals surface area contributed by atoms with Crippen LogP contribution in [-0.4, -0.2) is 33.2 Å². The molecule has 1 aromatic carbocycles. The van der Waals surface area contributed by atoms with Crippen LogP contribution in [0.25, 0.3) is 10.9 Å². The van der Waals surface area contributed by atoms with Crippen LogP contribution in [0.15, 0.2) is 29.1 Å². The standard InChI is InChI=1S/C17H21N3O3S/c1-17(10-21)8-4-7-13(17)19-14(22)9-20-15(23)11-5-2-3-6-12(11)18-16(20)24/h2-3,5-6,13,21H,4,7-10H2,1H3,(H,18,24)(H,19,22)/t13-,17-/m0/s1. The molecule has 1 fully saturated rings. The number of amides is 1. The van der Waals surface area contributed by atoms with Gasteiger partial charge in [0.1, 0.15) is 6.54 Å². The molecule has 0 bridgehead atoms. The Morgan fingerprint density at radius 1 is 1.50 bits per heavy atom. The molecule has 24 heavy (non-hydrogen) atoms. The number of aliphatic hydroxyl groups excluding tert-OH is 1. The Labute approximate surface area is 144 Å². The van der Waals surface area contributed by atoms with E-state index in [2.05, 4.69) is 10.3 Å². The first-order valence-corrected chi connectivity index (χ1v) is 8.47.